The van der Waals surface area contributed by atoms with E-state index >= 15 is 0 Å². The molecule has 0 saturated carbocycles. The Morgan fingerprint density at radius 3 is 2.50 bits per heavy atom. The van der Waals surface area contributed by atoms with Crippen LogP contribution in [0, 0.1) is 18.3 Å². The fraction of sp³-hybridized carbons (Fsp3) is 0.600. The number of aliphatic hydroxyl groups is 1. The molecule has 1 atom stereocenters. The molecule has 0 aliphatic rings. The smallest absolute Gasteiger partial charge is 0.0566 e. The van der Waals surface area contributed by atoms with Crippen molar-refractivity contribution in [2.45, 2.75) is 6.92 Å². The van der Waals surface area contributed by atoms with Gasteiger partial charge >= 0.3 is 0 Å². The third-order valence-electron chi connectivity index (χ3n) is 0.558. The summed E-state index contributed by atoms with van der Waals surface area (Å²) in [5, 5.41) is 8.19. The number of hydrogen-bond donors (Lipinski definition) is 1. The van der Waals surface area contributed by atoms with Gasteiger partial charge < -0.3 is 5.11 Å². The van der Waals surface area contributed by atoms with E-state index in [0.29, 0.717) is 0 Å². The largest absolute Gasteiger partial charge is 0.395 e. The maximum atomic E-state index is 8.19. The van der Waals surface area contributed by atoms with Crippen molar-refractivity contribution in [2.24, 2.45) is 5.92 Å². The van der Waals surface area contributed by atoms with Crippen LogP contribution in [0.15, 0.2) is 0 Å². The van der Waals surface area contributed by atoms with Gasteiger partial charge in [0.1, 0.15) is 0 Å². The van der Waals surface area contributed by atoms with E-state index in [1.807, 2.05) is 0 Å². The SMILES string of the molecule is C#C[C@H](C)CO. The molecule has 0 bridgehead atoms. The van der Waals surface area contributed by atoms with Gasteiger partial charge in [-0.2, -0.15) is 0 Å². The van der Waals surface area contributed by atoms with E-state index < -0.39 is 0 Å². The van der Waals surface area contributed by atoms with Gasteiger partial charge in [0, 0.05) is 5.92 Å². The second-order valence-corrected chi connectivity index (χ2v) is 1.25. The summed E-state index contributed by atoms with van der Waals surface area (Å²) >= 11 is 0. The summed E-state index contributed by atoms with van der Waals surface area (Å²) < 4.78 is 0. The maximum absolute atomic E-state index is 8.19. The summed E-state index contributed by atoms with van der Waals surface area (Å²) in [5.74, 6) is 2.38. The Kier molecular flexibility index (Phi) is 2.52. The van der Waals surface area contributed by atoms with Gasteiger partial charge in [0.05, 0.1) is 6.61 Å². The third-order valence-corrected chi connectivity index (χ3v) is 0.558. The van der Waals surface area contributed by atoms with Gasteiger partial charge in [-0.15, -0.1) is 12.3 Å². The van der Waals surface area contributed by atoms with Crippen LogP contribution in [0.4, 0.5) is 0 Å². The zero-order valence-electron chi connectivity index (χ0n) is 3.81. The van der Waals surface area contributed by atoms with Gasteiger partial charge in [0.25, 0.3) is 0 Å². The fourth-order valence-electron chi connectivity index (χ4n) is 0.0527. The molecule has 6 heavy (non-hydrogen) atoms. The summed E-state index contributed by atoms with van der Waals surface area (Å²) in [6.07, 6.45) is 4.87. The lowest BCUT2D eigenvalue weighted by atomic mass is 10.2. The van der Waals surface area contributed by atoms with Crippen molar-refractivity contribution in [2.75, 3.05) is 6.61 Å². The molecule has 0 aromatic heterocycles. The lowest BCUT2D eigenvalue weighted by Gasteiger charge is -1.90. The zero-order valence-corrected chi connectivity index (χ0v) is 3.81. The summed E-state index contributed by atoms with van der Waals surface area (Å²) in [6, 6.07) is 0. The number of aliphatic hydroxyl groups excluding tert-OH is 1. The average molecular weight is 84.1 g/mol. The van der Waals surface area contributed by atoms with Crippen LogP contribution in [-0.4, -0.2) is 11.7 Å². The third kappa shape index (κ3) is 1.80. The van der Waals surface area contributed by atoms with E-state index in [2.05, 4.69) is 5.92 Å². The second kappa shape index (κ2) is 2.74. The van der Waals surface area contributed by atoms with Crippen molar-refractivity contribution in [3.8, 4) is 12.3 Å². The van der Waals surface area contributed by atoms with E-state index in [0.717, 1.165) is 0 Å². The molecule has 0 rings (SSSR count). The van der Waals surface area contributed by atoms with E-state index in [9.17, 15) is 0 Å². The normalized spacial score (nSPS) is 12.8. The molecule has 1 nitrogen and oxygen atoms in total. The van der Waals surface area contributed by atoms with Crippen molar-refractivity contribution < 1.29 is 5.11 Å². The number of terminal acetylenes is 1. The Morgan fingerprint density at radius 1 is 2.00 bits per heavy atom. The Bertz CT molecular complexity index is 60.8. The number of rotatable bonds is 1. The monoisotopic (exact) mass is 84.1 g/mol. The van der Waals surface area contributed by atoms with Gasteiger partial charge in [-0.3, -0.25) is 0 Å². The van der Waals surface area contributed by atoms with Crippen LogP contribution in [0.5, 0.6) is 0 Å². The molecular weight excluding hydrogens is 76.1 g/mol. The Hall–Kier alpha value is -0.480. The van der Waals surface area contributed by atoms with Gasteiger partial charge in [-0.1, -0.05) is 0 Å². The molecule has 0 amide bonds. The molecule has 1 N–H and O–H groups in total. The molecular formula is C5H8O. The first-order chi connectivity index (χ1) is 2.81. The Labute approximate surface area is 38.0 Å². The summed E-state index contributed by atoms with van der Waals surface area (Å²) in [7, 11) is 0. The van der Waals surface area contributed by atoms with Gasteiger partial charge in [0.2, 0.25) is 0 Å². The minimum Gasteiger partial charge on any atom is -0.395 e. The molecule has 0 saturated heterocycles. The fourth-order valence-corrected chi connectivity index (χ4v) is 0.0527. The topological polar surface area (TPSA) is 20.2 Å². The first-order valence-corrected chi connectivity index (χ1v) is 1.88. The van der Waals surface area contributed by atoms with E-state index in [-0.39, 0.29) is 12.5 Å². The van der Waals surface area contributed by atoms with E-state index in [1.165, 1.54) is 0 Å². The molecule has 0 aliphatic heterocycles. The molecule has 34 valence electrons. The van der Waals surface area contributed by atoms with Crippen LogP contribution < -0.4 is 0 Å². The van der Waals surface area contributed by atoms with Crippen molar-refractivity contribution in [3.63, 3.8) is 0 Å². The van der Waals surface area contributed by atoms with Crippen LogP contribution in [0.25, 0.3) is 0 Å². The summed E-state index contributed by atoms with van der Waals surface area (Å²) in [4.78, 5) is 0. The molecule has 0 spiro atoms. The van der Waals surface area contributed by atoms with Crippen LogP contribution in [-0.2, 0) is 0 Å². The Morgan fingerprint density at radius 2 is 2.50 bits per heavy atom. The highest BCUT2D eigenvalue weighted by atomic mass is 16.3. The van der Waals surface area contributed by atoms with Crippen LogP contribution >= 0.6 is 0 Å². The molecule has 0 heterocycles. The van der Waals surface area contributed by atoms with Crippen LogP contribution in [0.2, 0.25) is 0 Å². The standard InChI is InChI=1S/C5H8O/c1-3-5(2)4-6/h1,5-6H,4H2,2H3/t5-/m0/s1. The molecule has 0 aliphatic carbocycles. The minimum absolute atomic E-state index is 0.0185. The van der Waals surface area contributed by atoms with Crippen LogP contribution in [0.1, 0.15) is 6.92 Å². The van der Waals surface area contributed by atoms with Crippen molar-refractivity contribution >= 4 is 0 Å². The highest BCUT2D eigenvalue weighted by molar-refractivity contribution is 4.89. The van der Waals surface area contributed by atoms with Gasteiger partial charge in [0.15, 0.2) is 0 Å². The quantitative estimate of drug-likeness (QED) is 0.451. The molecule has 0 fully saturated rings. The second-order valence-electron chi connectivity index (χ2n) is 1.25. The molecule has 0 radical (unpaired) electrons. The Balaban J connectivity index is 3.04. The first kappa shape index (κ1) is 5.52. The summed E-state index contributed by atoms with van der Waals surface area (Å²) in [5.41, 5.74) is 0. The molecule has 0 aromatic rings. The summed E-state index contributed by atoms with van der Waals surface area (Å²) in [6.45, 7) is 1.89. The lowest BCUT2D eigenvalue weighted by molar-refractivity contribution is 0.266. The van der Waals surface area contributed by atoms with E-state index in [1.54, 1.807) is 6.92 Å². The lowest BCUT2D eigenvalue weighted by Crippen LogP contribution is -1.94. The highest BCUT2D eigenvalue weighted by Gasteiger charge is 1.86. The molecule has 1 heteroatoms. The first-order valence-electron chi connectivity index (χ1n) is 1.88. The van der Waals surface area contributed by atoms with Crippen molar-refractivity contribution in [3.05, 3.63) is 0 Å². The zero-order chi connectivity index (χ0) is 4.99. The average Bonchev–Trinajstić information content (AvgIpc) is 1.65. The predicted octanol–water partition coefficient (Wildman–Crippen LogP) is 0.248. The molecule has 0 unspecified atom stereocenters. The van der Waals surface area contributed by atoms with Gasteiger partial charge in [-0.05, 0) is 6.92 Å². The number of hydrogen-bond acceptors (Lipinski definition) is 1. The highest BCUT2D eigenvalue weighted by Crippen LogP contribution is 1.84. The maximum Gasteiger partial charge on any atom is 0.0566 e. The van der Waals surface area contributed by atoms with E-state index in [4.69, 9.17) is 11.5 Å². The van der Waals surface area contributed by atoms with Crippen LogP contribution in [0.3, 0.4) is 0 Å². The molecule has 0 aromatic carbocycles. The minimum atomic E-state index is 0.0185. The predicted molar refractivity (Wildman–Crippen MR) is 25.1 cm³/mol. The van der Waals surface area contributed by atoms with Gasteiger partial charge in [-0.25, -0.2) is 0 Å². The van der Waals surface area contributed by atoms with Crippen molar-refractivity contribution in [1.82, 2.24) is 0 Å². The van der Waals surface area contributed by atoms with Crippen molar-refractivity contribution in [1.29, 1.82) is 0 Å².